The quantitative estimate of drug-likeness (QED) is 0.833. The van der Waals surface area contributed by atoms with Crippen LogP contribution in [0.15, 0.2) is 29.2 Å². The normalized spacial score (nSPS) is 18.0. The minimum Gasteiger partial charge on any atom is -0.388 e. The second-order valence-corrected chi connectivity index (χ2v) is 6.08. The van der Waals surface area contributed by atoms with E-state index in [1.54, 1.807) is 11.8 Å². The van der Waals surface area contributed by atoms with Crippen LogP contribution < -0.4 is 5.32 Å². The first kappa shape index (κ1) is 14.4. The first-order valence-electron chi connectivity index (χ1n) is 6.78. The van der Waals surface area contributed by atoms with Crippen LogP contribution in [0.3, 0.4) is 0 Å². The average molecular weight is 279 g/mol. The van der Waals surface area contributed by atoms with Gasteiger partial charge in [-0.3, -0.25) is 4.79 Å². The maximum atomic E-state index is 12.0. The Morgan fingerprint density at radius 3 is 2.47 bits per heavy atom. The SMILES string of the molecule is CSc1ccc(C(=O)NCC2(O)CCCCC2)cc1. The zero-order valence-corrected chi connectivity index (χ0v) is 12.1. The molecule has 1 fully saturated rings. The number of benzene rings is 1. The van der Waals surface area contributed by atoms with Crippen LogP contribution in [-0.4, -0.2) is 29.4 Å². The summed E-state index contributed by atoms with van der Waals surface area (Å²) in [6.07, 6.45) is 6.88. The maximum absolute atomic E-state index is 12.0. The molecule has 2 rings (SSSR count). The van der Waals surface area contributed by atoms with E-state index in [4.69, 9.17) is 0 Å². The number of carbonyl (C=O) groups excluding carboxylic acids is 1. The molecule has 1 saturated carbocycles. The number of hydrogen-bond donors (Lipinski definition) is 2. The molecule has 0 bridgehead atoms. The first-order chi connectivity index (χ1) is 9.13. The molecular formula is C15H21NO2S. The minimum atomic E-state index is -0.701. The standard InChI is InChI=1S/C15H21NO2S/c1-19-13-7-5-12(6-8-13)14(17)16-11-15(18)9-3-2-4-10-15/h5-8,18H,2-4,9-11H2,1H3,(H,16,17). The van der Waals surface area contributed by atoms with Gasteiger partial charge < -0.3 is 10.4 Å². The van der Waals surface area contributed by atoms with Crippen LogP contribution in [0.1, 0.15) is 42.5 Å². The van der Waals surface area contributed by atoms with Crippen molar-refractivity contribution < 1.29 is 9.90 Å². The summed E-state index contributed by atoms with van der Waals surface area (Å²) in [5, 5.41) is 13.2. The van der Waals surface area contributed by atoms with Crippen LogP contribution in [0.4, 0.5) is 0 Å². The highest BCUT2D eigenvalue weighted by atomic mass is 32.2. The Morgan fingerprint density at radius 1 is 1.26 bits per heavy atom. The number of rotatable bonds is 4. The van der Waals surface area contributed by atoms with Crippen molar-refractivity contribution in [3.63, 3.8) is 0 Å². The van der Waals surface area contributed by atoms with Crippen molar-refractivity contribution in [1.29, 1.82) is 0 Å². The van der Waals surface area contributed by atoms with Gasteiger partial charge in [-0.25, -0.2) is 0 Å². The van der Waals surface area contributed by atoms with Gasteiger partial charge in [0.25, 0.3) is 5.91 Å². The fourth-order valence-electron chi connectivity index (χ4n) is 2.48. The second-order valence-electron chi connectivity index (χ2n) is 5.20. The summed E-state index contributed by atoms with van der Waals surface area (Å²) in [6, 6.07) is 7.53. The van der Waals surface area contributed by atoms with Gasteiger partial charge >= 0.3 is 0 Å². The summed E-state index contributed by atoms with van der Waals surface area (Å²) in [6.45, 7) is 0.357. The van der Waals surface area contributed by atoms with E-state index in [-0.39, 0.29) is 5.91 Å². The summed E-state index contributed by atoms with van der Waals surface area (Å²) in [4.78, 5) is 13.1. The second kappa shape index (κ2) is 6.44. The van der Waals surface area contributed by atoms with Crippen molar-refractivity contribution in [2.75, 3.05) is 12.8 Å². The van der Waals surface area contributed by atoms with Gasteiger partial charge in [0, 0.05) is 17.0 Å². The summed E-state index contributed by atoms with van der Waals surface area (Å²) >= 11 is 1.65. The van der Waals surface area contributed by atoms with E-state index in [2.05, 4.69) is 5.32 Å². The molecule has 1 aliphatic carbocycles. The van der Waals surface area contributed by atoms with Crippen LogP contribution in [0.25, 0.3) is 0 Å². The molecule has 2 N–H and O–H groups in total. The van der Waals surface area contributed by atoms with Crippen LogP contribution in [0, 0.1) is 0 Å². The van der Waals surface area contributed by atoms with Crippen molar-refractivity contribution in [2.24, 2.45) is 0 Å². The number of hydrogen-bond acceptors (Lipinski definition) is 3. The number of carbonyl (C=O) groups is 1. The van der Waals surface area contributed by atoms with E-state index in [9.17, 15) is 9.90 Å². The molecule has 0 saturated heterocycles. The van der Waals surface area contributed by atoms with Crippen molar-refractivity contribution in [1.82, 2.24) is 5.32 Å². The molecule has 0 heterocycles. The maximum Gasteiger partial charge on any atom is 0.251 e. The fourth-order valence-corrected chi connectivity index (χ4v) is 2.88. The lowest BCUT2D eigenvalue weighted by Crippen LogP contribution is -2.44. The van der Waals surface area contributed by atoms with Gasteiger partial charge in [0.1, 0.15) is 0 Å². The predicted molar refractivity (Wildman–Crippen MR) is 78.6 cm³/mol. The zero-order chi connectivity index (χ0) is 13.7. The van der Waals surface area contributed by atoms with E-state index < -0.39 is 5.60 Å². The van der Waals surface area contributed by atoms with Gasteiger partial charge in [0.15, 0.2) is 0 Å². The lowest BCUT2D eigenvalue weighted by atomic mass is 9.85. The third-order valence-electron chi connectivity index (χ3n) is 3.71. The molecule has 4 heteroatoms. The van der Waals surface area contributed by atoms with Crippen molar-refractivity contribution in [3.8, 4) is 0 Å². The third-order valence-corrected chi connectivity index (χ3v) is 4.46. The molecule has 0 radical (unpaired) electrons. The number of amides is 1. The smallest absolute Gasteiger partial charge is 0.251 e. The highest BCUT2D eigenvalue weighted by Crippen LogP contribution is 2.27. The Morgan fingerprint density at radius 2 is 1.89 bits per heavy atom. The van der Waals surface area contributed by atoms with Gasteiger partial charge in [-0.1, -0.05) is 19.3 Å². The van der Waals surface area contributed by atoms with E-state index in [1.807, 2.05) is 30.5 Å². The summed E-state index contributed by atoms with van der Waals surface area (Å²) in [5.41, 5.74) is -0.0511. The van der Waals surface area contributed by atoms with E-state index in [0.29, 0.717) is 12.1 Å². The van der Waals surface area contributed by atoms with Crippen LogP contribution in [0.5, 0.6) is 0 Å². The fraction of sp³-hybridized carbons (Fsp3) is 0.533. The van der Waals surface area contributed by atoms with Gasteiger partial charge in [0.05, 0.1) is 5.60 Å². The van der Waals surface area contributed by atoms with Crippen LogP contribution in [0.2, 0.25) is 0 Å². The molecule has 0 unspecified atom stereocenters. The summed E-state index contributed by atoms with van der Waals surface area (Å²) < 4.78 is 0. The lowest BCUT2D eigenvalue weighted by Gasteiger charge is -2.32. The Kier molecular flexibility index (Phi) is 4.88. The monoisotopic (exact) mass is 279 g/mol. The molecule has 0 aliphatic heterocycles. The number of thioether (sulfide) groups is 1. The first-order valence-corrected chi connectivity index (χ1v) is 8.00. The molecular weight excluding hydrogens is 258 g/mol. The van der Waals surface area contributed by atoms with Crippen LogP contribution >= 0.6 is 11.8 Å². The van der Waals surface area contributed by atoms with E-state index in [0.717, 1.165) is 30.6 Å². The Hall–Kier alpha value is -1.00. The highest BCUT2D eigenvalue weighted by Gasteiger charge is 2.29. The third kappa shape index (κ3) is 3.98. The summed E-state index contributed by atoms with van der Waals surface area (Å²) in [7, 11) is 0. The zero-order valence-electron chi connectivity index (χ0n) is 11.3. The molecule has 1 aliphatic rings. The molecule has 1 aromatic carbocycles. The lowest BCUT2D eigenvalue weighted by molar-refractivity contribution is 0.00526. The topological polar surface area (TPSA) is 49.3 Å². The Bertz CT molecular complexity index is 424. The minimum absolute atomic E-state index is 0.105. The molecule has 0 atom stereocenters. The van der Waals surface area contributed by atoms with Gasteiger partial charge in [-0.2, -0.15) is 0 Å². The van der Waals surface area contributed by atoms with E-state index >= 15 is 0 Å². The predicted octanol–water partition coefficient (Wildman–Crippen LogP) is 2.83. The highest BCUT2D eigenvalue weighted by molar-refractivity contribution is 7.98. The Labute approximate surface area is 118 Å². The van der Waals surface area contributed by atoms with Crippen molar-refractivity contribution in [2.45, 2.75) is 42.6 Å². The largest absolute Gasteiger partial charge is 0.388 e. The average Bonchev–Trinajstić information content (AvgIpc) is 2.46. The molecule has 19 heavy (non-hydrogen) atoms. The van der Waals surface area contributed by atoms with E-state index in [1.165, 1.54) is 6.42 Å². The van der Waals surface area contributed by atoms with Crippen molar-refractivity contribution in [3.05, 3.63) is 29.8 Å². The molecule has 3 nitrogen and oxygen atoms in total. The Balaban J connectivity index is 1.89. The van der Waals surface area contributed by atoms with Crippen molar-refractivity contribution >= 4 is 17.7 Å². The van der Waals surface area contributed by atoms with Gasteiger partial charge in [0.2, 0.25) is 0 Å². The van der Waals surface area contributed by atoms with Gasteiger partial charge in [-0.05, 0) is 43.4 Å². The molecule has 104 valence electrons. The molecule has 0 aromatic heterocycles. The molecule has 0 spiro atoms. The number of aliphatic hydroxyl groups is 1. The summed E-state index contributed by atoms with van der Waals surface area (Å²) in [5.74, 6) is -0.105. The molecule has 1 aromatic rings. The van der Waals surface area contributed by atoms with Gasteiger partial charge in [-0.15, -0.1) is 11.8 Å². The number of nitrogens with one attached hydrogen (secondary N) is 1. The van der Waals surface area contributed by atoms with Crippen LogP contribution in [-0.2, 0) is 0 Å². The molecule has 1 amide bonds.